The van der Waals surface area contributed by atoms with Crippen LogP contribution in [0.4, 0.5) is 0 Å². The highest BCUT2D eigenvalue weighted by atomic mass is 15.3. The molecule has 1 atom stereocenters. The highest BCUT2D eigenvalue weighted by molar-refractivity contribution is 5.38. The molecule has 0 spiro atoms. The molecule has 1 saturated carbocycles. The first-order valence-corrected chi connectivity index (χ1v) is 6.84. The molecule has 1 unspecified atom stereocenters. The minimum absolute atomic E-state index is 0.00398. The number of aryl methyl sites for hydroxylation is 1. The Hall–Kier alpha value is -1.65. The van der Waals surface area contributed by atoms with E-state index in [0.717, 1.165) is 5.69 Å². The number of hydrogen-bond donors (Lipinski definition) is 2. The van der Waals surface area contributed by atoms with Crippen molar-refractivity contribution in [3.05, 3.63) is 53.3 Å². The minimum atomic E-state index is 0.00398. The number of hydrogen-bond acceptors (Lipinski definition) is 3. The smallest absolute Gasteiger partial charge is 0.0880 e. The summed E-state index contributed by atoms with van der Waals surface area (Å²) in [5.41, 5.74) is 6.74. The summed E-state index contributed by atoms with van der Waals surface area (Å²) in [5.74, 6) is 6.50. The van der Waals surface area contributed by atoms with Gasteiger partial charge in [0.25, 0.3) is 0 Å². The molecule has 4 nitrogen and oxygen atoms in total. The monoisotopic (exact) mass is 256 g/mol. The molecule has 3 rings (SSSR count). The van der Waals surface area contributed by atoms with E-state index in [1.165, 1.54) is 30.4 Å². The SMILES string of the molecule is Cn1nccc1C(NN)c1ccccc1C1CCC1. The van der Waals surface area contributed by atoms with Crippen LogP contribution in [0.25, 0.3) is 0 Å². The molecule has 4 heteroatoms. The summed E-state index contributed by atoms with van der Waals surface area (Å²) in [7, 11) is 1.95. The molecule has 1 fully saturated rings. The second-order valence-electron chi connectivity index (χ2n) is 5.24. The molecular formula is C15H20N4. The summed E-state index contributed by atoms with van der Waals surface area (Å²) >= 11 is 0. The molecule has 0 aliphatic heterocycles. The van der Waals surface area contributed by atoms with Crippen LogP contribution in [-0.4, -0.2) is 9.78 Å². The van der Waals surface area contributed by atoms with E-state index in [0.29, 0.717) is 5.92 Å². The quantitative estimate of drug-likeness (QED) is 0.651. The zero-order valence-electron chi connectivity index (χ0n) is 11.2. The topological polar surface area (TPSA) is 55.9 Å². The van der Waals surface area contributed by atoms with Gasteiger partial charge in [0, 0.05) is 13.2 Å². The van der Waals surface area contributed by atoms with Crippen LogP contribution in [0.15, 0.2) is 36.5 Å². The first kappa shape index (κ1) is 12.4. The number of nitrogens with zero attached hydrogens (tertiary/aromatic N) is 2. The van der Waals surface area contributed by atoms with Crippen LogP contribution in [-0.2, 0) is 7.05 Å². The summed E-state index contributed by atoms with van der Waals surface area (Å²) in [6, 6.07) is 10.6. The molecular weight excluding hydrogens is 236 g/mol. The Morgan fingerprint density at radius 2 is 2.11 bits per heavy atom. The van der Waals surface area contributed by atoms with Gasteiger partial charge in [-0.3, -0.25) is 10.5 Å². The van der Waals surface area contributed by atoms with Crippen molar-refractivity contribution < 1.29 is 0 Å². The van der Waals surface area contributed by atoms with E-state index in [1.54, 1.807) is 0 Å². The van der Waals surface area contributed by atoms with Gasteiger partial charge in [0.1, 0.15) is 0 Å². The van der Waals surface area contributed by atoms with Crippen molar-refractivity contribution >= 4 is 0 Å². The fraction of sp³-hybridized carbons (Fsp3) is 0.400. The van der Waals surface area contributed by atoms with Gasteiger partial charge in [0.2, 0.25) is 0 Å². The lowest BCUT2D eigenvalue weighted by molar-refractivity contribution is 0.413. The van der Waals surface area contributed by atoms with Gasteiger partial charge >= 0.3 is 0 Å². The van der Waals surface area contributed by atoms with E-state index in [1.807, 2.05) is 24.0 Å². The maximum Gasteiger partial charge on any atom is 0.0880 e. The van der Waals surface area contributed by atoms with Crippen LogP contribution < -0.4 is 11.3 Å². The maximum atomic E-state index is 5.80. The molecule has 1 aromatic carbocycles. The van der Waals surface area contributed by atoms with Gasteiger partial charge in [0.15, 0.2) is 0 Å². The van der Waals surface area contributed by atoms with Gasteiger partial charge in [-0.15, -0.1) is 0 Å². The number of nitrogens with one attached hydrogen (secondary N) is 1. The third-order valence-electron chi connectivity index (χ3n) is 4.17. The number of rotatable bonds is 4. The number of benzene rings is 1. The van der Waals surface area contributed by atoms with Crippen LogP contribution in [0.2, 0.25) is 0 Å². The highest BCUT2D eigenvalue weighted by Gasteiger charge is 2.26. The molecule has 1 aliphatic carbocycles. The van der Waals surface area contributed by atoms with E-state index in [4.69, 9.17) is 5.84 Å². The Bertz CT molecular complexity index is 557. The van der Waals surface area contributed by atoms with Crippen LogP contribution in [0.5, 0.6) is 0 Å². The van der Waals surface area contributed by atoms with Gasteiger partial charge in [-0.25, -0.2) is 5.43 Å². The molecule has 19 heavy (non-hydrogen) atoms. The highest BCUT2D eigenvalue weighted by Crippen LogP contribution is 2.40. The van der Waals surface area contributed by atoms with Crippen molar-refractivity contribution in [2.45, 2.75) is 31.2 Å². The molecule has 3 N–H and O–H groups in total. The first-order valence-electron chi connectivity index (χ1n) is 6.84. The lowest BCUT2D eigenvalue weighted by atomic mass is 9.77. The van der Waals surface area contributed by atoms with Gasteiger partial charge < -0.3 is 0 Å². The lowest BCUT2D eigenvalue weighted by Gasteiger charge is -2.30. The van der Waals surface area contributed by atoms with Crippen molar-refractivity contribution in [1.29, 1.82) is 0 Å². The second-order valence-corrected chi connectivity index (χ2v) is 5.24. The molecule has 0 radical (unpaired) electrons. The first-order chi connectivity index (χ1) is 9.31. The van der Waals surface area contributed by atoms with Crippen LogP contribution in [0, 0.1) is 0 Å². The molecule has 1 aliphatic rings. The van der Waals surface area contributed by atoms with Crippen molar-refractivity contribution in [1.82, 2.24) is 15.2 Å². The minimum Gasteiger partial charge on any atom is -0.271 e. The van der Waals surface area contributed by atoms with Gasteiger partial charge in [0.05, 0.1) is 11.7 Å². The number of nitrogens with two attached hydrogens (primary N) is 1. The van der Waals surface area contributed by atoms with Gasteiger partial charge in [-0.2, -0.15) is 5.10 Å². The molecule has 1 heterocycles. The Balaban J connectivity index is 2.02. The summed E-state index contributed by atoms with van der Waals surface area (Å²) in [6.07, 6.45) is 5.73. The van der Waals surface area contributed by atoms with Crippen LogP contribution >= 0.6 is 0 Å². The van der Waals surface area contributed by atoms with Crippen molar-refractivity contribution in [3.63, 3.8) is 0 Å². The van der Waals surface area contributed by atoms with Crippen LogP contribution in [0.3, 0.4) is 0 Å². The Kier molecular flexibility index (Phi) is 3.36. The third kappa shape index (κ3) is 2.17. The number of hydrazine groups is 1. The van der Waals surface area contributed by atoms with Crippen molar-refractivity contribution in [2.75, 3.05) is 0 Å². The van der Waals surface area contributed by atoms with Crippen LogP contribution in [0.1, 0.15) is 48.0 Å². The average molecular weight is 256 g/mol. The average Bonchev–Trinajstić information content (AvgIpc) is 2.77. The van der Waals surface area contributed by atoms with Crippen molar-refractivity contribution in [2.24, 2.45) is 12.9 Å². The van der Waals surface area contributed by atoms with E-state index in [-0.39, 0.29) is 6.04 Å². The van der Waals surface area contributed by atoms with Gasteiger partial charge in [-0.1, -0.05) is 30.7 Å². The molecule has 0 amide bonds. The number of aromatic nitrogens is 2. The zero-order valence-corrected chi connectivity index (χ0v) is 11.2. The molecule has 100 valence electrons. The zero-order chi connectivity index (χ0) is 13.2. The molecule has 0 bridgehead atoms. The largest absolute Gasteiger partial charge is 0.271 e. The summed E-state index contributed by atoms with van der Waals surface area (Å²) in [4.78, 5) is 0. The molecule has 0 saturated heterocycles. The summed E-state index contributed by atoms with van der Waals surface area (Å²) in [6.45, 7) is 0. The third-order valence-corrected chi connectivity index (χ3v) is 4.17. The fourth-order valence-electron chi connectivity index (χ4n) is 2.87. The fourth-order valence-corrected chi connectivity index (χ4v) is 2.87. The van der Waals surface area contributed by atoms with E-state index in [2.05, 4.69) is 34.8 Å². The molecule has 2 aromatic rings. The summed E-state index contributed by atoms with van der Waals surface area (Å²) < 4.78 is 1.88. The summed E-state index contributed by atoms with van der Waals surface area (Å²) in [5, 5.41) is 4.24. The Labute approximate surface area is 113 Å². The van der Waals surface area contributed by atoms with E-state index >= 15 is 0 Å². The van der Waals surface area contributed by atoms with E-state index in [9.17, 15) is 0 Å². The predicted octanol–water partition coefficient (Wildman–Crippen LogP) is 2.24. The Morgan fingerprint density at radius 3 is 2.68 bits per heavy atom. The Morgan fingerprint density at radius 1 is 1.32 bits per heavy atom. The predicted molar refractivity (Wildman–Crippen MR) is 75.4 cm³/mol. The van der Waals surface area contributed by atoms with Gasteiger partial charge in [-0.05, 0) is 36.0 Å². The lowest BCUT2D eigenvalue weighted by Crippen LogP contribution is -2.31. The molecule has 1 aromatic heterocycles. The van der Waals surface area contributed by atoms with E-state index < -0.39 is 0 Å². The normalized spacial score (nSPS) is 17.2. The second kappa shape index (κ2) is 5.15. The van der Waals surface area contributed by atoms with Crippen molar-refractivity contribution in [3.8, 4) is 0 Å². The maximum absolute atomic E-state index is 5.80. The standard InChI is InChI=1S/C15H20N4/c1-19-14(9-10-17-19)15(18-16)13-8-3-2-7-12(13)11-5-4-6-11/h2-3,7-11,15,18H,4-6,16H2,1H3.